The van der Waals surface area contributed by atoms with E-state index in [4.69, 9.17) is 24.1 Å². The van der Waals surface area contributed by atoms with Gasteiger partial charge in [0.05, 0.1) is 26.4 Å². The Balaban J connectivity index is 2.06. The Labute approximate surface area is 181 Å². The summed E-state index contributed by atoms with van der Waals surface area (Å²) in [6.07, 6.45) is 4.15. The normalized spacial score (nSPS) is 11.3. The van der Waals surface area contributed by atoms with Crippen LogP contribution < -0.4 is 10.1 Å². The van der Waals surface area contributed by atoms with E-state index in [-0.39, 0.29) is 12.1 Å². The number of hydrogen-bond acceptors (Lipinski definition) is 6. The summed E-state index contributed by atoms with van der Waals surface area (Å²) in [6.45, 7) is 9.28. The number of aliphatic hydroxyl groups excluding tert-OH is 1. The van der Waals surface area contributed by atoms with Gasteiger partial charge in [0, 0.05) is 31.8 Å². The van der Waals surface area contributed by atoms with E-state index in [0.29, 0.717) is 39.5 Å². The van der Waals surface area contributed by atoms with E-state index >= 15 is 0 Å². The van der Waals surface area contributed by atoms with Gasteiger partial charge in [0.2, 0.25) is 0 Å². The molecule has 0 atom stereocenters. The summed E-state index contributed by atoms with van der Waals surface area (Å²) in [7, 11) is 0. The zero-order chi connectivity index (χ0) is 22.1. The minimum Gasteiger partial charge on any atom is -0.494 e. The predicted molar refractivity (Wildman–Crippen MR) is 117 cm³/mol. The molecule has 2 N–H and O–H groups in total. The number of ether oxygens (including phenoxy) is 4. The third kappa shape index (κ3) is 15.1. The molecule has 0 aliphatic rings. The van der Waals surface area contributed by atoms with Crippen molar-refractivity contribution in [2.75, 3.05) is 46.2 Å². The second-order valence-corrected chi connectivity index (χ2v) is 8.12. The Bertz CT molecular complexity index is 573. The predicted octanol–water partition coefficient (Wildman–Crippen LogP) is 3.72. The minimum atomic E-state index is -0.395. The van der Waals surface area contributed by atoms with Gasteiger partial charge < -0.3 is 29.4 Å². The summed E-state index contributed by atoms with van der Waals surface area (Å²) in [4.78, 5) is 11.7. The first-order chi connectivity index (χ1) is 14.4. The molecule has 30 heavy (non-hydrogen) atoms. The van der Waals surface area contributed by atoms with Crippen LogP contribution >= 0.6 is 0 Å². The Kier molecular flexibility index (Phi) is 13.9. The van der Waals surface area contributed by atoms with Crippen LogP contribution in [0.3, 0.4) is 0 Å². The highest BCUT2D eigenvalue weighted by Gasteiger charge is 2.14. The zero-order valence-electron chi connectivity index (χ0n) is 18.8. The molecule has 0 saturated carbocycles. The number of aliphatic hydroxyl groups is 1. The Morgan fingerprint density at radius 2 is 1.63 bits per heavy atom. The second-order valence-electron chi connectivity index (χ2n) is 8.12. The molecule has 0 aliphatic carbocycles. The summed E-state index contributed by atoms with van der Waals surface area (Å²) >= 11 is 0. The van der Waals surface area contributed by atoms with Crippen LogP contribution in [0.25, 0.3) is 0 Å². The van der Waals surface area contributed by atoms with Crippen molar-refractivity contribution in [3.63, 3.8) is 0 Å². The van der Waals surface area contributed by atoms with Gasteiger partial charge in [-0.05, 0) is 64.2 Å². The monoisotopic (exact) mass is 425 g/mol. The van der Waals surface area contributed by atoms with E-state index in [0.717, 1.165) is 43.6 Å². The van der Waals surface area contributed by atoms with Gasteiger partial charge in [-0.1, -0.05) is 12.1 Å². The van der Waals surface area contributed by atoms with Gasteiger partial charge >= 0.3 is 6.09 Å². The van der Waals surface area contributed by atoms with Gasteiger partial charge in [-0.2, -0.15) is 0 Å². The third-order valence-corrected chi connectivity index (χ3v) is 4.01. The maximum atomic E-state index is 11.7. The molecule has 7 nitrogen and oxygen atoms in total. The maximum absolute atomic E-state index is 11.7. The van der Waals surface area contributed by atoms with Crippen molar-refractivity contribution < 1.29 is 28.8 Å². The smallest absolute Gasteiger partial charge is 0.407 e. The third-order valence-electron chi connectivity index (χ3n) is 4.01. The number of amides is 1. The van der Waals surface area contributed by atoms with Crippen molar-refractivity contribution in [2.45, 2.75) is 58.4 Å². The molecule has 0 unspecified atom stereocenters. The standard InChI is InChI=1S/C23H39NO6/c1-23(2,3)24-22(26)30-17-11-20-9-7-10-21(19-20)29-16-6-4-5-13-27-14-8-15-28-18-12-25/h7,9-10,19,25H,4-6,8,11-18H2,1-3H3,(H,24,26). The lowest BCUT2D eigenvalue weighted by Gasteiger charge is -2.19. The van der Waals surface area contributed by atoms with Crippen LogP contribution in [0.1, 0.15) is 52.0 Å². The highest BCUT2D eigenvalue weighted by molar-refractivity contribution is 5.68. The molecule has 0 spiro atoms. The number of alkyl carbamates (subject to hydrolysis) is 1. The molecule has 0 fully saturated rings. The van der Waals surface area contributed by atoms with Crippen LogP contribution in [0.4, 0.5) is 4.79 Å². The van der Waals surface area contributed by atoms with Crippen molar-refractivity contribution >= 4 is 6.09 Å². The Morgan fingerprint density at radius 3 is 2.37 bits per heavy atom. The summed E-state index contributed by atoms with van der Waals surface area (Å²) in [5.41, 5.74) is 0.777. The summed E-state index contributed by atoms with van der Waals surface area (Å²) in [5, 5.41) is 11.4. The lowest BCUT2D eigenvalue weighted by molar-refractivity contribution is 0.0628. The average Bonchev–Trinajstić information content (AvgIpc) is 2.68. The van der Waals surface area contributed by atoms with Crippen LogP contribution in [-0.4, -0.2) is 63.0 Å². The van der Waals surface area contributed by atoms with Crippen molar-refractivity contribution in [1.29, 1.82) is 0 Å². The quantitative estimate of drug-likeness (QED) is 0.393. The topological polar surface area (TPSA) is 86.3 Å². The molecular weight excluding hydrogens is 386 g/mol. The Morgan fingerprint density at radius 1 is 0.933 bits per heavy atom. The highest BCUT2D eigenvalue weighted by Crippen LogP contribution is 2.14. The lowest BCUT2D eigenvalue weighted by Crippen LogP contribution is -2.41. The molecule has 0 bridgehead atoms. The van der Waals surface area contributed by atoms with Crippen LogP contribution in [0.15, 0.2) is 24.3 Å². The number of rotatable bonds is 16. The first-order valence-electron chi connectivity index (χ1n) is 10.8. The molecule has 1 rings (SSSR count). The number of unbranched alkanes of at least 4 members (excludes halogenated alkanes) is 2. The van der Waals surface area contributed by atoms with Crippen molar-refractivity contribution in [3.8, 4) is 5.75 Å². The summed E-state index contributed by atoms with van der Waals surface area (Å²) < 4.78 is 21.8. The molecule has 0 saturated heterocycles. The zero-order valence-corrected chi connectivity index (χ0v) is 18.8. The van der Waals surface area contributed by atoms with Gasteiger partial charge in [0.15, 0.2) is 0 Å². The van der Waals surface area contributed by atoms with Crippen molar-refractivity contribution in [3.05, 3.63) is 29.8 Å². The van der Waals surface area contributed by atoms with Crippen LogP contribution in [0, 0.1) is 0 Å². The molecule has 1 aromatic rings. The van der Waals surface area contributed by atoms with E-state index in [1.807, 2.05) is 45.0 Å². The van der Waals surface area contributed by atoms with E-state index in [1.165, 1.54) is 0 Å². The van der Waals surface area contributed by atoms with E-state index in [2.05, 4.69) is 5.32 Å². The number of hydrogen-bond donors (Lipinski definition) is 2. The molecule has 1 aromatic carbocycles. The summed E-state index contributed by atoms with van der Waals surface area (Å²) in [6, 6.07) is 7.90. The van der Waals surface area contributed by atoms with Gasteiger partial charge in [-0.25, -0.2) is 4.79 Å². The molecule has 0 aliphatic heterocycles. The first-order valence-corrected chi connectivity index (χ1v) is 10.8. The van der Waals surface area contributed by atoms with Crippen LogP contribution in [0.5, 0.6) is 5.75 Å². The second kappa shape index (κ2) is 15.9. The minimum absolute atomic E-state index is 0.0675. The van der Waals surface area contributed by atoms with Crippen LogP contribution in [0.2, 0.25) is 0 Å². The molecular formula is C23H39NO6. The highest BCUT2D eigenvalue weighted by atomic mass is 16.5. The van der Waals surface area contributed by atoms with Gasteiger partial charge in [-0.3, -0.25) is 0 Å². The number of carbonyl (C=O) groups is 1. The lowest BCUT2D eigenvalue weighted by atomic mass is 10.1. The number of carbonyl (C=O) groups excluding carboxylic acids is 1. The Hall–Kier alpha value is -1.83. The maximum Gasteiger partial charge on any atom is 0.407 e. The number of benzene rings is 1. The molecule has 0 heterocycles. The molecule has 0 aromatic heterocycles. The first kappa shape index (κ1) is 26.2. The van der Waals surface area contributed by atoms with Crippen molar-refractivity contribution in [1.82, 2.24) is 5.32 Å². The fourth-order valence-electron chi connectivity index (χ4n) is 2.60. The fraction of sp³-hybridized carbons (Fsp3) is 0.696. The molecule has 0 radical (unpaired) electrons. The molecule has 1 amide bonds. The van der Waals surface area contributed by atoms with Crippen LogP contribution in [-0.2, 0) is 20.6 Å². The fourth-order valence-corrected chi connectivity index (χ4v) is 2.60. The largest absolute Gasteiger partial charge is 0.494 e. The van der Waals surface area contributed by atoms with Crippen molar-refractivity contribution in [2.24, 2.45) is 0 Å². The van der Waals surface area contributed by atoms with E-state index in [9.17, 15) is 4.79 Å². The van der Waals surface area contributed by atoms with Gasteiger partial charge in [0.25, 0.3) is 0 Å². The summed E-state index contributed by atoms with van der Waals surface area (Å²) in [5.74, 6) is 0.839. The van der Waals surface area contributed by atoms with Gasteiger partial charge in [0.1, 0.15) is 5.75 Å². The SMILES string of the molecule is CC(C)(C)NC(=O)OCCc1cccc(OCCCCCOCCCOCCO)c1. The van der Waals surface area contributed by atoms with E-state index < -0.39 is 6.09 Å². The van der Waals surface area contributed by atoms with Gasteiger partial charge in [-0.15, -0.1) is 0 Å². The molecule has 172 valence electrons. The van der Waals surface area contributed by atoms with E-state index in [1.54, 1.807) is 0 Å². The molecule has 7 heteroatoms. The number of nitrogens with one attached hydrogen (secondary N) is 1. The average molecular weight is 426 g/mol.